The smallest absolute Gasteiger partial charge is 0.338 e. The van der Waals surface area contributed by atoms with E-state index in [0.717, 1.165) is 13.8 Å². The molecule has 3 unspecified atom stereocenters. The van der Waals surface area contributed by atoms with Crippen molar-refractivity contribution in [3.05, 3.63) is 95.1 Å². The summed E-state index contributed by atoms with van der Waals surface area (Å²) in [6, 6.07) is 16.1. The molecule has 6 N–H and O–H groups in total. The Kier molecular flexibility index (Phi) is 20.7. The van der Waals surface area contributed by atoms with Crippen LogP contribution in [0.5, 0.6) is 0 Å². The third-order valence-electron chi connectivity index (χ3n) is 20.0. The highest BCUT2D eigenvalue weighted by Gasteiger charge is 2.76. The third-order valence-corrected chi connectivity index (χ3v) is 20.0. The van der Waals surface area contributed by atoms with Crippen molar-refractivity contribution in [3.8, 4) is 0 Å². The maximum Gasteiger partial charge on any atom is 0.338 e. The molecule has 21 nitrogen and oxygen atoms in total. The van der Waals surface area contributed by atoms with E-state index in [1.54, 1.807) is 116 Å². The number of hydrogen-bond donors (Lipinski definition) is 6. The van der Waals surface area contributed by atoms with Crippen LogP contribution in [-0.2, 0) is 61.9 Å². The molecule has 0 amide bonds. The second-order valence-corrected chi connectivity index (χ2v) is 26.5. The van der Waals surface area contributed by atoms with E-state index < -0.39 is 171 Å². The van der Waals surface area contributed by atoms with Crippen molar-refractivity contribution >= 4 is 47.4 Å². The van der Waals surface area contributed by atoms with E-state index in [1.807, 2.05) is 6.92 Å². The van der Waals surface area contributed by atoms with Crippen molar-refractivity contribution in [2.75, 3.05) is 13.2 Å². The second kappa shape index (κ2) is 25.7. The molecule has 21 heteroatoms. The molecule has 3 fully saturated rings. The minimum atomic E-state index is -2.45. The van der Waals surface area contributed by atoms with Gasteiger partial charge in [0.1, 0.15) is 41.2 Å². The molecule has 480 valence electrons. The standard InChI is InChI=1S/C33H46O11.C33H44O10/c1-18-15-30(6,7)33(41,16-24(18)37)28(44-29(39)23-12-10-9-11-13-23)26-31(8,27(38)20(3)42-21(4)35)19(2)14-25(43-22(5)36)32(26,40)17-34;1-18-15-30(6,7)33(39,16-24(18)36)28(42-29(38)23-12-10-9-11-13-23)26-31(8,27(37)20(3)41-21(4)34)19(2)14-25-32(26,17-40-25)43-22(5)35/h9-13,15,19-20,24-26,28,34,37,40-41H,14,16-17H2,1-8H3;9-13,15,19-20,24-26,28,36,39H,14,16-17H2,1-8H3/t19?,20-,24+,25+,26?,28+,31-,32+,33-;19-,20+,24-,25+,26?,28-,31+,32-,33+/m10/s1. The largest absolute Gasteiger partial charge is 0.459 e. The van der Waals surface area contributed by atoms with Crippen LogP contribution in [0.2, 0.25) is 0 Å². The number of aliphatic hydroxyl groups is 6. The number of Topliss-reactive ketones (excluding diaryl/α,β-unsaturated/α-hetero) is 2. The van der Waals surface area contributed by atoms with Crippen molar-refractivity contribution in [1.82, 2.24) is 0 Å². The number of ether oxygens (including phenoxy) is 7. The lowest BCUT2D eigenvalue weighted by Gasteiger charge is -2.66. The van der Waals surface area contributed by atoms with Crippen molar-refractivity contribution in [2.24, 2.45) is 45.3 Å². The summed E-state index contributed by atoms with van der Waals surface area (Å²) in [7, 11) is 0. The fourth-order valence-electron chi connectivity index (χ4n) is 14.9. The minimum absolute atomic E-state index is 0.0923. The monoisotopic (exact) mass is 1220 g/mol. The van der Waals surface area contributed by atoms with E-state index in [9.17, 15) is 69.0 Å². The van der Waals surface area contributed by atoms with Gasteiger partial charge in [-0.15, -0.1) is 0 Å². The van der Waals surface area contributed by atoms with Crippen LogP contribution in [0.4, 0.5) is 0 Å². The molecule has 1 saturated heterocycles. The van der Waals surface area contributed by atoms with Gasteiger partial charge in [-0.05, 0) is 87.8 Å². The van der Waals surface area contributed by atoms with Crippen molar-refractivity contribution in [2.45, 2.75) is 208 Å². The molecule has 1 heterocycles. The Morgan fingerprint density at radius 1 is 0.575 bits per heavy atom. The van der Waals surface area contributed by atoms with Gasteiger partial charge in [-0.2, -0.15) is 0 Å². The van der Waals surface area contributed by atoms with Crippen LogP contribution in [0.15, 0.2) is 84.0 Å². The number of carbonyl (C=O) groups is 8. The summed E-state index contributed by atoms with van der Waals surface area (Å²) in [5.74, 6) is -9.55. The molecule has 0 spiro atoms. The van der Waals surface area contributed by atoms with E-state index in [-0.39, 0.29) is 37.0 Å². The summed E-state index contributed by atoms with van der Waals surface area (Å²) in [4.78, 5) is 105. The lowest BCUT2D eigenvalue weighted by Crippen LogP contribution is -2.79. The van der Waals surface area contributed by atoms with Crippen molar-refractivity contribution in [1.29, 1.82) is 0 Å². The van der Waals surface area contributed by atoms with Crippen LogP contribution in [-0.4, -0.2) is 162 Å². The van der Waals surface area contributed by atoms with Crippen LogP contribution >= 0.6 is 0 Å². The van der Waals surface area contributed by atoms with Crippen molar-refractivity contribution in [3.63, 3.8) is 0 Å². The first-order valence-corrected chi connectivity index (χ1v) is 29.6. The molecular weight excluding hydrogens is 1130 g/mol. The molecule has 2 aromatic carbocycles. The Balaban J connectivity index is 0.000000278. The van der Waals surface area contributed by atoms with Gasteiger partial charge in [0.05, 0.1) is 42.5 Å². The van der Waals surface area contributed by atoms with Gasteiger partial charge in [0.2, 0.25) is 0 Å². The fourth-order valence-corrected chi connectivity index (χ4v) is 14.9. The molecule has 7 rings (SSSR count). The topological polar surface area (TPSA) is 323 Å². The number of benzene rings is 2. The predicted octanol–water partition coefficient (Wildman–Crippen LogP) is 6.08. The van der Waals surface area contributed by atoms with Crippen LogP contribution in [0, 0.1) is 45.3 Å². The Morgan fingerprint density at radius 3 is 1.32 bits per heavy atom. The third kappa shape index (κ3) is 12.9. The molecule has 87 heavy (non-hydrogen) atoms. The number of aliphatic hydroxyl groups excluding tert-OH is 3. The van der Waals surface area contributed by atoms with Gasteiger partial charge in [0.25, 0.3) is 0 Å². The summed E-state index contributed by atoms with van der Waals surface area (Å²) >= 11 is 0. The van der Waals surface area contributed by atoms with Gasteiger partial charge in [0.15, 0.2) is 29.4 Å². The molecule has 18 atom stereocenters. The summed E-state index contributed by atoms with van der Waals surface area (Å²) in [5.41, 5.74) is -12.0. The lowest BCUT2D eigenvalue weighted by atomic mass is 9.46. The molecule has 1 aliphatic heterocycles. The summed E-state index contributed by atoms with van der Waals surface area (Å²) < 4.78 is 40.6. The Bertz CT molecular complexity index is 2990. The highest BCUT2D eigenvalue weighted by Crippen LogP contribution is 2.63. The average Bonchev–Trinajstić information content (AvgIpc) is 0.698. The Hall–Kier alpha value is -6.20. The van der Waals surface area contributed by atoms with Gasteiger partial charge >= 0.3 is 35.8 Å². The number of carbonyl (C=O) groups excluding carboxylic acids is 8. The first-order chi connectivity index (χ1) is 40.2. The summed E-state index contributed by atoms with van der Waals surface area (Å²) in [5, 5.41) is 70.9. The highest BCUT2D eigenvalue weighted by atomic mass is 16.6. The van der Waals surface area contributed by atoms with E-state index in [4.69, 9.17) is 33.2 Å². The van der Waals surface area contributed by atoms with E-state index >= 15 is 0 Å². The van der Waals surface area contributed by atoms with Gasteiger partial charge < -0.3 is 63.8 Å². The number of hydrogen-bond acceptors (Lipinski definition) is 21. The average molecular weight is 1220 g/mol. The maximum absolute atomic E-state index is 14.5. The quantitative estimate of drug-likeness (QED) is 0.0593. The normalized spacial score (nSPS) is 35.3. The molecule has 4 aliphatic carbocycles. The lowest BCUT2D eigenvalue weighted by molar-refractivity contribution is -0.337. The second-order valence-electron chi connectivity index (χ2n) is 26.5. The van der Waals surface area contributed by atoms with Crippen LogP contribution in [0.1, 0.15) is 157 Å². The first-order valence-electron chi connectivity index (χ1n) is 29.6. The number of ketones is 2. The minimum Gasteiger partial charge on any atom is -0.459 e. The van der Waals surface area contributed by atoms with Gasteiger partial charge in [-0.1, -0.05) is 104 Å². The van der Waals surface area contributed by atoms with Gasteiger partial charge in [-0.3, -0.25) is 28.8 Å². The highest BCUT2D eigenvalue weighted by molar-refractivity contribution is 5.93. The molecule has 0 bridgehead atoms. The van der Waals surface area contributed by atoms with Crippen LogP contribution < -0.4 is 0 Å². The summed E-state index contributed by atoms with van der Waals surface area (Å²) in [6.45, 7) is 23.4. The van der Waals surface area contributed by atoms with E-state index in [2.05, 4.69) is 0 Å². The molecule has 2 aromatic rings. The van der Waals surface area contributed by atoms with Crippen molar-refractivity contribution < 1.29 is 102 Å². The van der Waals surface area contributed by atoms with E-state index in [0.29, 0.717) is 17.6 Å². The molecule has 0 radical (unpaired) electrons. The number of fused-ring (bicyclic) bond motifs is 1. The van der Waals surface area contributed by atoms with Crippen LogP contribution in [0.3, 0.4) is 0 Å². The zero-order valence-corrected chi connectivity index (χ0v) is 52.9. The predicted molar refractivity (Wildman–Crippen MR) is 313 cm³/mol. The zero-order valence-electron chi connectivity index (χ0n) is 52.9. The molecule has 0 aromatic heterocycles. The Labute approximate surface area is 509 Å². The Morgan fingerprint density at radius 2 is 0.966 bits per heavy atom. The molecule has 2 saturated carbocycles. The molecular formula is C66H90O21. The molecule has 5 aliphatic rings. The van der Waals surface area contributed by atoms with Gasteiger partial charge in [0, 0.05) is 68.1 Å². The first kappa shape index (κ1) is 69.9. The fraction of sp³-hybridized carbons (Fsp3) is 0.636. The zero-order chi connectivity index (χ0) is 65.5. The van der Waals surface area contributed by atoms with Crippen LogP contribution in [0.25, 0.3) is 0 Å². The van der Waals surface area contributed by atoms with Gasteiger partial charge in [-0.25, -0.2) is 9.59 Å². The number of esters is 6. The SMILES string of the molecule is CC(=O)O[C@H](C)C(=O)[C@@]1(C)C([C@H](OC(=O)c2ccccc2)[C@]2(O)C[C@H](O)C(C)=CC2(C)C)[C@]2(OC(C)=O)CO[C@@H]2C[C@@H]1C.CC(=O)O[C@H]1CC(C)[C@@](C)(C(=O)[C@@H](C)OC(C)=O)C([C@H](OC(=O)c2ccccc2)[C@]2(O)C[C@H](O)C(C)=CC2(C)C)[C@]1(O)CO. The maximum atomic E-state index is 14.5. The number of rotatable bonds is 17. The summed E-state index contributed by atoms with van der Waals surface area (Å²) in [6.07, 6.45) is -7.04. The van der Waals surface area contributed by atoms with E-state index in [1.165, 1.54) is 46.8 Å².